The second-order valence-corrected chi connectivity index (χ2v) is 4.78. The molecule has 0 aliphatic carbocycles. The summed E-state index contributed by atoms with van der Waals surface area (Å²) in [5.74, 6) is 0.779. The molecule has 96 valence electrons. The summed E-state index contributed by atoms with van der Waals surface area (Å²) in [6, 6.07) is 10.5. The van der Waals surface area contributed by atoms with Crippen LogP contribution in [0.2, 0.25) is 0 Å². The Labute approximate surface area is 105 Å². The molecule has 2 heteroatoms. The van der Waals surface area contributed by atoms with Crippen molar-refractivity contribution >= 4 is 0 Å². The SMILES string of the molecule is CC(C)CCNCCOCCc1ccccc1. The first-order valence-electron chi connectivity index (χ1n) is 6.61. The number of ether oxygens (including phenoxy) is 1. The monoisotopic (exact) mass is 235 g/mol. The summed E-state index contributed by atoms with van der Waals surface area (Å²) in [7, 11) is 0. The predicted octanol–water partition coefficient (Wildman–Crippen LogP) is 2.88. The van der Waals surface area contributed by atoms with E-state index in [9.17, 15) is 0 Å². The Morgan fingerprint density at radius 3 is 2.53 bits per heavy atom. The Kier molecular flexibility index (Phi) is 7.69. The van der Waals surface area contributed by atoms with Crippen LogP contribution in [0.5, 0.6) is 0 Å². The van der Waals surface area contributed by atoms with Crippen molar-refractivity contribution in [2.24, 2.45) is 5.92 Å². The van der Waals surface area contributed by atoms with E-state index in [4.69, 9.17) is 4.74 Å². The molecule has 0 spiro atoms. The van der Waals surface area contributed by atoms with Gasteiger partial charge in [-0.1, -0.05) is 44.2 Å². The molecule has 0 saturated carbocycles. The lowest BCUT2D eigenvalue weighted by molar-refractivity contribution is 0.139. The highest BCUT2D eigenvalue weighted by Gasteiger charge is 1.94. The van der Waals surface area contributed by atoms with Gasteiger partial charge in [0.2, 0.25) is 0 Å². The fraction of sp³-hybridized carbons (Fsp3) is 0.600. The van der Waals surface area contributed by atoms with Crippen LogP contribution in [0.15, 0.2) is 30.3 Å². The summed E-state index contributed by atoms with van der Waals surface area (Å²) in [6.07, 6.45) is 2.25. The summed E-state index contributed by atoms with van der Waals surface area (Å²) in [5, 5.41) is 3.39. The van der Waals surface area contributed by atoms with Crippen molar-refractivity contribution in [1.29, 1.82) is 0 Å². The molecule has 0 aliphatic heterocycles. The van der Waals surface area contributed by atoms with Gasteiger partial charge in [0.15, 0.2) is 0 Å². The Morgan fingerprint density at radius 1 is 1.06 bits per heavy atom. The minimum atomic E-state index is 0.779. The van der Waals surface area contributed by atoms with Gasteiger partial charge in [0.1, 0.15) is 0 Å². The topological polar surface area (TPSA) is 21.3 Å². The molecule has 0 bridgehead atoms. The minimum absolute atomic E-state index is 0.779. The van der Waals surface area contributed by atoms with Gasteiger partial charge >= 0.3 is 0 Å². The predicted molar refractivity (Wildman–Crippen MR) is 73.3 cm³/mol. The molecule has 1 N–H and O–H groups in total. The van der Waals surface area contributed by atoms with Crippen molar-refractivity contribution in [3.63, 3.8) is 0 Å². The van der Waals surface area contributed by atoms with Crippen LogP contribution in [0.1, 0.15) is 25.8 Å². The van der Waals surface area contributed by atoms with Gasteiger partial charge in [-0.2, -0.15) is 0 Å². The highest BCUT2D eigenvalue weighted by molar-refractivity contribution is 5.14. The first kappa shape index (κ1) is 14.2. The molecule has 2 nitrogen and oxygen atoms in total. The number of rotatable bonds is 9. The molecule has 0 heterocycles. The molecule has 0 aliphatic rings. The lowest BCUT2D eigenvalue weighted by Gasteiger charge is -2.07. The van der Waals surface area contributed by atoms with Crippen LogP contribution in [0.4, 0.5) is 0 Å². The van der Waals surface area contributed by atoms with Gasteiger partial charge in [0.25, 0.3) is 0 Å². The molecule has 0 atom stereocenters. The van der Waals surface area contributed by atoms with Gasteiger partial charge in [0.05, 0.1) is 13.2 Å². The molecule has 0 aromatic heterocycles. The van der Waals surface area contributed by atoms with Crippen molar-refractivity contribution in [2.45, 2.75) is 26.7 Å². The van der Waals surface area contributed by atoms with E-state index >= 15 is 0 Å². The van der Waals surface area contributed by atoms with Crippen LogP contribution in [0.3, 0.4) is 0 Å². The van der Waals surface area contributed by atoms with Gasteiger partial charge < -0.3 is 10.1 Å². The fourth-order valence-electron chi connectivity index (χ4n) is 1.60. The third-order valence-electron chi connectivity index (χ3n) is 2.70. The lowest BCUT2D eigenvalue weighted by atomic mass is 10.1. The van der Waals surface area contributed by atoms with E-state index in [1.165, 1.54) is 12.0 Å². The molecule has 1 rings (SSSR count). The van der Waals surface area contributed by atoms with E-state index in [1.54, 1.807) is 0 Å². The third kappa shape index (κ3) is 7.94. The number of hydrogen-bond acceptors (Lipinski definition) is 2. The van der Waals surface area contributed by atoms with Crippen molar-refractivity contribution in [3.8, 4) is 0 Å². The zero-order valence-electron chi connectivity index (χ0n) is 11.1. The average Bonchev–Trinajstić information content (AvgIpc) is 2.33. The van der Waals surface area contributed by atoms with Crippen molar-refractivity contribution in [1.82, 2.24) is 5.32 Å². The number of hydrogen-bond donors (Lipinski definition) is 1. The van der Waals surface area contributed by atoms with Crippen molar-refractivity contribution in [2.75, 3.05) is 26.3 Å². The first-order chi connectivity index (χ1) is 8.29. The zero-order chi connectivity index (χ0) is 12.3. The third-order valence-corrected chi connectivity index (χ3v) is 2.70. The van der Waals surface area contributed by atoms with E-state index < -0.39 is 0 Å². The lowest BCUT2D eigenvalue weighted by Crippen LogP contribution is -2.22. The van der Waals surface area contributed by atoms with Crippen LogP contribution >= 0.6 is 0 Å². The second-order valence-electron chi connectivity index (χ2n) is 4.78. The largest absolute Gasteiger partial charge is 0.380 e. The molecule has 1 aromatic rings. The second kappa shape index (κ2) is 9.20. The normalized spacial score (nSPS) is 11.0. The summed E-state index contributed by atoms with van der Waals surface area (Å²) in [5.41, 5.74) is 1.35. The van der Waals surface area contributed by atoms with E-state index in [1.807, 2.05) is 6.07 Å². The first-order valence-corrected chi connectivity index (χ1v) is 6.61. The minimum Gasteiger partial charge on any atom is -0.380 e. The van der Waals surface area contributed by atoms with E-state index in [-0.39, 0.29) is 0 Å². The van der Waals surface area contributed by atoms with Crippen molar-refractivity contribution in [3.05, 3.63) is 35.9 Å². The number of benzene rings is 1. The molecule has 0 unspecified atom stereocenters. The van der Waals surface area contributed by atoms with Gasteiger partial charge in [-0.25, -0.2) is 0 Å². The van der Waals surface area contributed by atoms with E-state index in [2.05, 4.69) is 43.4 Å². The molecule has 17 heavy (non-hydrogen) atoms. The Morgan fingerprint density at radius 2 is 1.82 bits per heavy atom. The zero-order valence-corrected chi connectivity index (χ0v) is 11.1. The van der Waals surface area contributed by atoms with Gasteiger partial charge in [-0.15, -0.1) is 0 Å². The van der Waals surface area contributed by atoms with Crippen LogP contribution in [0.25, 0.3) is 0 Å². The summed E-state index contributed by atoms with van der Waals surface area (Å²) in [6.45, 7) is 8.18. The van der Waals surface area contributed by atoms with Crippen LogP contribution in [-0.2, 0) is 11.2 Å². The smallest absolute Gasteiger partial charge is 0.0591 e. The maximum atomic E-state index is 5.58. The summed E-state index contributed by atoms with van der Waals surface area (Å²) < 4.78 is 5.58. The van der Waals surface area contributed by atoms with Gasteiger partial charge in [-0.05, 0) is 30.9 Å². The molecule has 1 aromatic carbocycles. The summed E-state index contributed by atoms with van der Waals surface area (Å²) in [4.78, 5) is 0. The Balaban J connectivity index is 1.88. The van der Waals surface area contributed by atoms with Gasteiger partial charge in [-0.3, -0.25) is 0 Å². The van der Waals surface area contributed by atoms with Crippen LogP contribution < -0.4 is 5.32 Å². The molecular formula is C15H25NO. The highest BCUT2D eigenvalue weighted by Crippen LogP contribution is 1.99. The fourth-order valence-corrected chi connectivity index (χ4v) is 1.60. The molecule has 0 radical (unpaired) electrons. The average molecular weight is 235 g/mol. The maximum absolute atomic E-state index is 5.58. The Hall–Kier alpha value is -0.860. The molecule has 0 saturated heterocycles. The van der Waals surface area contributed by atoms with Crippen LogP contribution in [0, 0.1) is 5.92 Å². The summed E-state index contributed by atoms with van der Waals surface area (Å²) >= 11 is 0. The molecular weight excluding hydrogens is 210 g/mol. The standard InChI is InChI=1S/C15H25NO/c1-14(2)8-10-16-11-13-17-12-9-15-6-4-3-5-7-15/h3-7,14,16H,8-13H2,1-2H3. The maximum Gasteiger partial charge on any atom is 0.0591 e. The van der Waals surface area contributed by atoms with Gasteiger partial charge in [0, 0.05) is 6.54 Å². The molecule has 0 amide bonds. The quantitative estimate of drug-likeness (QED) is 0.665. The molecule has 0 fully saturated rings. The van der Waals surface area contributed by atoms with E-state index in [0.717, 1.165) is 38.6 Å². The highest BCUT2D eigenvalue weighted by atomic mass is 16.5. The number of nitrogens with one attached hydrogen (secondary N) is 1. The van der Waals surface area contributed by atoms with Crippen LogP contribution in [-0.4, -0.2) is 26.3 Å². The Bertz CT molecular complexity index is 272. The van der Waals surface area contributed by atoms with E-state index in [0.29, 0.717) is 0 Å². The van der Waals surface area contributed by atoms with Crippen molar-refractivity contribution < 1.29 is 4.74 Å².